The van der Waals surface area contributed by atoms with E-state index in [1.807, 2.05) is 0 Å². The summed E-state index contributed by atoms with van der Waals surface area (Å²) >= 11 is 0. The number of sulfonamides is 1. The van der Waals surface area contributed by atoms with Gasteiger partial charge in [0.15, 0.2) is 0 Å². The third-order valence-corrected chi connectivity index (χ3v) is 3.66. The topological polar surface area (TPSA) is 58.2 Å². The van der Waals surface area contributed by atoms with Crippen molar-refractivity contribution in [1.29, 1.82) is 0 Å². The molecule has 1 unspecified atom stereocenters. The molecule has 0 bridgehead atoms. The van der Waals surface area contributed by atoms with Gasteiger partial charge >= 0.3 is 0 Å². The zero-order valence-electron chi connectivity index (χ0n) is 6.45. The lowest BCUT2D eigenvalue weighted by Gasteiger charge is -2.27. The predicted octanol–water partition coefficient (Wildman–Crippen LogP) is -0.321. The van der Waals surface area contributed by atoms with E-state index in [1.54, 1.807) is 18.4 Å². The van der Waals surface area contributed by atoms with E-state index in [1.165, 1.54) is 0 Å². The molecule has 1 saturated heterocycles. The Kier molecular flexibility index (Phi) is 1.69. The SMILES string of the molecule is O=S1(=O)NCCC2NC=CC=C21. The number of fused-ring (bicyclic) bond motifs is 1. The van der Waals surface area contributed by atoms with Gasteiger partial charge in [-0.05, 0) is 24.8 Å². The van der Waals surface area contributed by atoms with Crippen molar-refractivity contribution in [2.75, 3.05) is 6.54 Å². The van der Waals surface area contributed by atoms with E-state index in [9.17, 15) is 8.42 Å². The van der Waals surface area contributed by atoms with Crippen LogP contribution in [0.5, 0.6) is 0 Å². The summed E-state index contributed by atoms with van der Waals surface area (Å²) in [7, 11) is -3.19. The lowest BCUT2D eigenvalue weighted by Crippen LogP contribution is -2.44. The fourth-order valence-electron chi connectivity index (χ4n) is 1.44. The molecule has 12 heavy (non-hydrogen) atoms. The lowest BCUT2D eigenvalue weighted by molar-refractivity contribution is 0.537. The monoisotopic (exact) mass is 186 g/mol. The largest absolute Gasteiger partial charge is 0.383 e. The Morgan fingerprint density at radius 1 is 1.50 bits per heavy atom. The van der Waals surface area contributed by atoms with Crippen LogP contribution in [-0.2, 0) is 10.0 Å². The molecular weight excluding hydrogens is 176 g/mol. The Morgan fingerprint density at radius 3 is 3.08 bits per heavy atom. The zero-order chi connectivity index (χ0) is 8.60. The summed E-state index contributed by atoms with van der Waals surface area (Å²) in [5.41, 5.74) is 0. The van der Waals surface area contributed by atoms with Crippen LogP contribution in [0.4, 0.5) is 0 Å². The second kappa shape index (κ2) is 2.60. The minimum Gasteiger partial charge on any atom is -0.383 e. The van der Waals surface area contributed by atoms with Crippen molar-refractivity contribution in [2.24, 2.45) is 0 Å². The smallest absolute Gasteiger partial charge is 0.238 e. The number of allylic oxidation sites excluding steroid dienone is 2. The zero-order valence-corrected chi connectivity index (χ0v) is 7.26. The molecule has 0 radical (unpaired) electrons. The molecule has 0 aromatic carbocycles. The molecule has 2 heterocycles. The quantitative estimate of drug-likeness (QED) is 0.545. The Labute approximate surface area is 71.4 Å². The van der Waals surface area contributed by atoms with Crippen molar-refractivity contribution in [2.45, 2.75) is 12.5 Å². The summed E-state index contributed by atoms with van der Waals surface area (Å²) < 4.78 is 25.2. The molecule has 0 spiro atoms. The highest BCUT2D eigenvalue weighted by Crippen LogP contribution is 2.19. The molecule has 1 fully saturated rings. The minimum absolute atomic E-state index is 0.0266. The van der Waals surface area contributed by atoms with Crippen molar-refractivity contribution in [3.05, 3.63) is 23.3 Å². The Bertz CT molecular complexity index is 342. The molecular formula is C7H10N2O2S. The second-order valence-electron chi connectivity index (χ2n) is 2.83. The standard InChI is InChI=1S/C7H10N2O2S/c10-12(11)7-2-1-4-8-6(7)3-5-9-12/h1-2,4,6,8-9H,3,5H2. The molecule has 0 saturated carbocycles. The van der Waals surface area contributed by atoms with Crippen molar-refractivity contribution in [3.63, 3.8) is 0 Å². The van der Waals surface area contributed by atoms with E-state index in [0.29, 0.717) is 11.4 Å². The van der Waals surface area contributed by atoms with Gasteiger partial charge < -0.3 is 5.32 Å². The first-order valence-corrected chi connectivity index (χ1v) is 5.31. The first-order valence-electron chi connectivity index (χ1n) is 3.82. The fraction of sp³-hybridized carbons (Fsp3) is 0.429. The summed E-state index contributed by atoms with van der Waals surface area (Å²) in [4.78, 5) is 0.455. The van der Waals surface area contributed by atoms with E-state index in [2.05, 4.69) is 10.0 Å². The van der Waals surface area contributed by atoms with Crippen LogP contribution in [0.1, 0.15) is 6.42 Å². The number of hydrogen-bond acceptors (Lipinski definition) is 3. The van der Waals surface area contributed by atoms with Gasteiger partial charge in [-0.1, -0.05) is 0 Å². The van der Waals surface area contributed by atoms with E-state index in [4.69, 9.17) is 0 Å². The summed E-state index contributed by atoms with van der Waals surface area (Å²) in [5.74, 6) is 0. The number of hydrogen-bond donors (Lipinski definition) is 2. The number of nitrogens with one attached hydrogen (secondary N) is 2. The second-order valence-corrected chi connectivity index (χ2v) is 4.60. The maximum Gasteiger partial charge on any atom is 0.238 e. The molecule has 0 aromatic heterocycles. The van der Waals surface area contributed by atoms with Gasteiger partial charge in [-0.2, -0.15) is 0 Å². The first kappa shape index (κ1) is 7.82. The van der Waals surface area contributed by atoms with Crippen molar-refractivity contribution >= 4 is 10.0 Å². The minimum atomic E-state index is -3.19. The van der Waals surface area contributed by atoms with Crippen LogP contribution in [0, 0.1) is 0 Å². The Morgan fingerprint density at radius 2 is 2.33 bits per heavy atom. The Balaban J connectivity index is 2.43. The van der Waals surface area contributed by atoms with Crippen LogP contribution in [-0.4, -0.2) is 21.0 Å². The van der Waals surface area contributed by atoms with Gasteiger partial charge in [-0.25, -0.2) is 13.1 Å². The van der Waals surface area contributed by atoms with Crippen LogP contribution in [0.15, 0.2) is 23.3 Å². The average Bonchev–Trinajstić information content (AvgIpc) is 2.04. The highest BCUT2D eigenvalue weighted by molar-refractivity contribution is 7.93. The molecule has 0 aliphatic carbocycles. The predicted molar refractivity (Wildman–Crippen MR) is 45.7 cm³/mol. The summed E-state index contributed by atoms with van der Waals surface area (Å²) in [6, 6.07) is -0.0266. The van der Waals surface area contributed by atoms with Gasteiger partial charge in [0.25, 0.3) is 0 Å². The normalized spacial score (nSPS) is 31.7. The maximum atomic E-state index is 11.4. The molecule has 4 nitrogen and oxygen atoms in total. The first-order chi connectivity index (χ1) is 5.70. The van der Waals surface area contributed by atoms with Crippen molar-refractivity contribution in [3.8, 4) is 0 Å². The fourth-order valence-corrected chi connectivity index (χ4v) is 2.81. The number of dihydropyridines is 1. The molecule has 1 atom stereocenters. The maximum absolute atomic E-state index is 11.4. The molecule has 2 N–H and O–H groups in total. The van der Waals surface area contributed by atoms with Crippen LogP contribution < -0.4 is 10.0 Å². The van der Waals surface area contributed by atoms with Gasteiger partial charge in [-0.15, -0.1) is 0 Å². The van der Waals surface area contributed by atoms with Gasteiger partial charge in [0, 0.05) is 6.54 Å². The third kappa shape index (κ3) is 1.15. The molecule has 0 aromatic rings. The Hall–Kier alpha value is -0.810. The molecule has 0 amide bonds. The number of rotatable bonds is 0. The van der Waals surface area contributed by atoms with Crippen LogP contribution in [0.3, 0.4) is 0 Å². The van der Waals surface area contributed by atoms with Gasteiger partial charge in [0.05, 0.1) is 10.9 Å². The van der Waals surface area contributed by atoms with E-state index >= 15 is 0 Å². The molecule has 66 valence electrons. The van der Waals surface area contributed by atoms with Crippen molar-refractivity contribution < 1.29 is 8.42 Å². The van der Waals surface area contributed by atoms with Crippen LogP contribution >= 0.6 is 0 Å². The summed E-state index contributed by atoms with van der Waals surface area (Å²) in [6.45, 7) is 0.519. The highest BCUT2D eigenvalue weighted by atomic mass is 32.2. The molecule has 5 heteroatoms. The lowest BCUT2D eigenvalue weighted by atomic mass is 10.1. The van der Waals surface area contributed by atoms with Gasteiger partial charge in [0.1, 0.15) is 0 Å². The summed E-state index contributed by atoms with van der Waals surface area (Å²) in [6.07, 6.45) is 5.93. The van der Waals surface area contributed by atoms with E-state index < -0.39 is 10.0 Å². The molecule has 2 rings (SSSR count). The van der Waals surface area contributed by atoms with Crippen LogP contribution in [0.2, 0.25) is 0 Å². The average molecular weight is 186 g/mol. The van der Waals surface area contributed by atoms with Crippen LogP contribution in [0.25, 0.3) is 0 Å². The summed E-state index contributed by atoms with van der Waals surface area (Å²) in [5, 5.41) is 3.01. The van der Waals surface area contributed by atoms with E-state index in [0.717, 1.165) is 6.42 Å². The highest BCUT2D eigenvalue weighted by Gasteiger charge is 2.30. The van der Waals surface area contributed by atoms with E-state index in [-0.39, 0.29) is 6.04 Å². The molecule has 2 aliphatic heterocycles. The van der Waals surface area contributed by atoms with Crippen molar-refractivity contribution in [1.82, 2.24) is 10.0 Å². The third-order valence-electron chi connectivity index (χ3n) is 2.03. The van der Waals surface area contributed by atoms with Gasteiger partial charge in [-0.3, -0.25) is 0 Å². The molecule has 2 aliphatic rings. The van der Waals surface area contributed by atoms with Gasteiger partial charge in [0.2, 0.25) is 10.0 Å².